The maximum atomic E-state index is 12.0. The van der Waals surface area contributed by atoms with E-state index in [0.29, 0.717) is 0 Å². The van der Waals surface area contributed by atoms with E-state index in [4.69, 9.17) is 5.73 Å². The zero-order valence-electron chi connectivity index (χ0n) is 9.45. The topological polar surface area (TPSA) is 35.2 Å². The largest absolute Gasteiger partial charge is 0.573 e. The van der Waals surface area contributed by atoms with Gasteiger partial charge in [0.2, 0.25) is 0 Å². The third-order valence-electron chi connectivity index (χ3n) is 2.37. The lowest BCUT2D eigenvalue weighted by atomic mass is 10.1. The van der Waals surface area contributed by atoms with Crippen LogP contribution < -0.4 is 10.5 Å². The molecule has 1 aromatic heterocycles. The van der Waals surface area contributed by atoms with E-state index < -0.39 is 6.36 Å². The number of hydrogen-bond donors (Lipinski definition) is 1. The lowest BCUT2D eigenvalue weighted by molar-refractivity contribution is -0.274. The first-order valence-corrected chi connectivity index (χ1v) is 6.82. The Morgan fingerprint density at radius 2 is 1.74 bits per heavy atom. The van der Waals surface area contributed by atoms with Crippen molar-refractivity contribution in [2.45, 2.75) is 12.4 Å². The van der Waals surface area contributed by atoms with E-state index in [9.17, 15) is 13.2 Å². The number of rotatable bonds is 3. The van der Waals surface area contributed by atoms with Crippen LogP contribution in [-0.2, 0) is 0 Å². The predicted octanol–water partition coefficient (Wildman–Crippen LogP) is 4.46. The Morgan fingerprint density at radius 3 is 2.21 bits per heavy atom. The number of thiophene rings is 1. The fraction of sp³-hybridized carbons (Fsp3) is 0.167. The van der Waals surface area contributed by atoms with Gasteiger partial charge in [0.05, 0.1) is 9.83 Å². The summed E-state index contributed by atoms with van der Waals surface area (Å²) in [5.74, 6) is -0.254. The first-order valence-electron chi connectivity index (χ1n) is 5.22. The van der Waals surface area contributed by atoms with Crippen LogP contribution in [0.2, 0.25) is 0 Å². The summed E-state index contributed by atoms with van der Waals surface area (Å²) in [7, 11) is 0. The van der Waals surface area contributed by atoms with Gasteiger partial charge in [-0.1, -0.05) is 12.1 Å². The Balaban J connectivity index is 2.14. The highest BCUT2D eigenvalue weighted by Crippen LogP contribution is 2.31. The molecule has 0 aliphatic heterocycles. The van der Waals surface area contributed by atoms with Gasteiger partial charge in [0.15, 0.2) is 0 Å². The average molecular weight is 352 g/mol. The summed E-state index contributed by atoms with van der Waals surface area (Å²) < 4.78 is 40.8. The van der Waals surface area contributed by atoms with Crippen LogP contribution in [0.1, 0.15) is 16.5 Å². The van der Waals surface area contributed by atoms with Gasteiger partial charge in [0, 0.05) is 4.88 Å². The molecular weight excluding hydrogens is 343 g/mol. The number of ether oxygens (including phenoxy) is 1. The molecule has 0 aliphatic rings. The molecule has 0 amide bonds. The minimum absolute atomic E-state index is 0.254. The van der Waals surface area contributed by atoms with Gasteiger partial charge in [-0.05, 0) is 45.8 Å². The van der Waals surface area contributed by atoms with E-state index >= 15 is 0 Å². The minimum Gasteiger partial charge on any atom is -0.406 e. The summed E-state index contributed by atoms with van der Waals surface area (Å²) >= 11 is 4.82. The van der Waals surface area contributed by atoms with Crippen LogP contribution >= 0.6 is 27.3 Å². The summed E-state index contributed by atoms with van der Waals surface area (Å²) in [5.41, 5.74) is 6.76. The van der Waals surface area contributed by atoms with Gasteiger partial charge in [0.1, 0.15) is 5.75 Å². The van der Waals surface area contributed by atoms with E-state index in [2.05, 4.69) is 20.7 Å². The van der Waals surface area contributed by atoms with Crippen LogP contribution in [0.4, 0.5) is 13.2 Å². The summed E-state index contributed by atoms with van der Waals surface area (Å²) in [4.78, 5) is 0.927. The van der Waals surface area contributed by atoms with Gasteiger partial charge in [-0.2, -0.15) is 0 Å². The Hall–Kier alpha value is -1.05. The number of nitrogens with two attached hydrogens (primary N) is 1. The normalized spacial score (nSPS) is 13.3. The third-order valence-corrected chi connectivity index (χ3v) is 4.08. The molecule has 19 heavy (non-hydrogen) atoms. The van der Waals surface area contributed by atoms with Crippen molar-refractivity contribution < 1.29 is 17.9 Å². The Morgan fingerprint density at radius 1 is 1.11 bits per heavy atom. The highest BCUT2D eigenvalue weighted by Gasteiger charge is 2.31. The van der Waals surface area contributed by atoms with Crippen LogP contribution in [0, 0.1) is 0 Å². The monoisotopic (exact) mass is 351 g/mol. The second kappa shape index (κ2) is 5.52. The Labute approximate surface area is 120 Å². The molecule has 0 saturated carbocycles. The molecule has 0 radical (unpaired) electrons. The Kier molecular flexibility index (Phi) is 4.17. The van der Waals surface area contributed by atoms with E-state index in [1.54, 1.807) is 0 Å². The van der Waals surface area contributed by atoms with Gasteiger partial charge >= 0.3 is 6.36 Å². The second-order valence-corrected chi connectivity index (χ2v) is 6.23. The molecule has 0 aliphatic carbocycles. The van der Waals surface area contributed by atoms with Gasteiger partial charge < -0.3 is 10.5 Å². The van der Waals surface area contributed by atoms with E-state index in [1.165, 1.54) is 35.6 Å². The van der Waals surface area contributed by atoms with Crippen LogP contribution in [0.15, 0.2) is 40.2 Å². The molecule has 0 spiro atoms. The van der Waals surface area contributed by atoms with Crippen molar-refractivity contribution in [2.24, 2.45) is 5.73 Å². The smallest absolute Gasteiger partial charge is 0.406 e. The maximum Gasteiger partial charge on any atom is 0.573 e. The van der Waals surface area contributed by atoms with E-state index in [0.717, 1.165) is 14.2 Å². The molecular formula is C12H9BrF3NOS. The van der Waals surface area contributed by atoms with Gasteiger partial charge in [0.25, 0.3) is 0 Å². The highest BCUT2D eigenvalue weighted by molar-refractivity contribution is 9.11. The fourth-order valence-corrected chi connectivity index (χ4v) is 2.99. The van der Waals surface area contributed by atoms with Crippen LogP contribution in [-0.4, -0.2) is 6.36 Å². The molecule has 1 atom stereocenters. The molecule has 2 aromatic rings. The van der Waals surface area contributed by atoms with Crippen molar-refractivity contribution in [3.63, 3.8) is 0 Å². The van der Waals surface area contributed by atoms with Crippen LogP contribution in [0.5, 0.6) is 5.75 Å². The molecule has 2 N–H and O–H groups in total. The van der Waals surface area contributed by atoms with Gasteiger partial charge in [-0.15, -0.1) is 24.5 Å². The van der Waals surface area contributed by atoms with Crippen molar-refractivity contribution in [2.75, 3.05) is 0 Å². The quantitative estimate of drug-likeness (QED) is 0.885. The Bertz CT molecular complexity index is 553. The molecule has 1 heterocycles. The molecule has 2 rings (SSSR count). The molecule has 7 heteroatoms. The predicted molar refractivity (Wildman–Crippen MR) is 71.2 cm³/mol. The zero-order valence-corrected chi connectivity index (χ0v) is 11.8. The third kappa shape index (κ3) is 3.95. The van der Waals surface area contributed by atoms with Gasteiger partial charge in [-0.25, -0.2) is 0 Å². The molecule has 0 saturated heterocycles. The molecule has 0 bridgehead atoms. The van der Waals surface area contributed by atoms with Crippen molar-refractivity contribution >= 4 is 27.3 Å². The van der Waals surface area contributed by atoms with Crippen LogP contribution in [0.25, 0.3) is 0 Å². The SMILES string of the molecule is N[C@@H](c1ccc(OC(F)(F)F)cc1)c1ccc(Br)s1. The summed E-state index contributed by atoms with van der Waals surface area (Å²) in [6.07, 6.45) is -4.68. The first-order chi connectivity index (χ1) is 8.85. The van der Waals surface area contributed by atoms with Crippen LogP contribution in [0.3, 0.4) is 0 Å². The number of halogens is 4. The highest BCUT2D eigenvalue weighted by atomic mass is 79.9. The average Bonchev–Trinajstić information content (AvgIpc) is 2.74. The second-order valence-electron chi connectivity index (χ2n) is 3.74. The molecule has 0 fully saturated rings. The summed E-state index contributed by atoms with van der Waals surface area (Å²) in [6.45, 7) is 0. The number of alkyl halides is 3. The molecule has 1 aromatic carbocycles. The molecule has 2 nitrogen and oxygen atoms in total. The zero-order chi connectivity index (χ0) is 14.0. The van der Waals surface area contributed by atoms with E-state index in [-0.39, 0.29) is 11.8 Å². The first kappa shape index (κ1) is 14.4. The lowest BCUT2D eigenvalue weighted by Crippen LogP contribution is -2.17. The molecule has 0 unspecified atom stereocenters. The maximum absolute atomic E-state index is 12.0. The summed E-state index contributed by atoms with van der Waals surface area (Å²) in [6, 6.07) is 8.95. The number of benzene rings is 1. The fourth-order valence-electron chi connectivity index (χ4n) is 1.54. The van der Waals surface area contributed by atoms with Crippen molar-refractivity contribution in [3.8, 4) is 5.75 Å². The minimum atomic E-state index is -4.68. The molecule has 102 valence electrons. The van der Waals surface area contributed by atoms with Gasteiger partial charge in [-0.3, -0.25) is 0 Å². The van der Waals surface area contributed by atoms with Crippen molar-refractivity contribution in [1.29, 1.82) is 0 Å². The lowest BCUT2D eigenvalue weighted by Gasteiger charge is -2.12. The standard InChI is InChI=1S/C12H9BrF3NOS/c13-10-6-5-9(19-10)11(17)7-1-3-8(4-2-7)18-12(14,15)16/h1-6,11H,17H2/t11-/m0/s1. The van der Waals surface area contributed by atoms with E-state index in [1.807, 2.05) is 12.1 Å². The van der Waals surface area contributed by atoms with Crippen molar-refractivity contribution in [3.05, 3.63) is 50.6 Å². The number of hydrogen-bond acceptors (Lipinski definition) is 3. The summed E-state index contributed by atoms with van der Waals surface area (Å²) in [5, 5.41) is 0. The van der Waals surface area contributed by atoms with Crippen molar-refractivity contribution in [1.82, 2.24) is 0 Å².